The van der Waals surface area contributed by atoms with Crippen LogP contribution in [0.15, 0.2) is 0 Å². The molecule has 1 aliphatic rings. The normalized spacial score (nSPS) is 31.3. The Hall–Kier alpha value is -0.120. The average molecular weight is 228 g/mol. The first kappa shape index (κ1) is 13.9. The minimum absolute atomic E-state index is 0.0614. The third-order valence-electron chi connectivity index (χ3n) is 4.11. The summed E-state index contributed by atoms with van der Waals surface area (Å²) in [5.41, 5.74) is 0.0614. The standard InChI is InChI=1S/C13H28N2O/c1-11(9-14-4)12(2)15-8-6-7-13(3,10-15)16-5/h11-12,14H,6-10H2,1-5H3. The lowest BCUT2D eigenvalue weighted by Gasteiger charge is -2.43. The van der Waals surface area contributed by atoms with E-state index in [2.05, 4.69) is 31.0 Å². The zero-order chi connectivity index (χ0) is 12.2. The van der Waals surface area contributed by atoms with Gasteiger partial charge in [-0.25, -0.2) is 0 Å². The summed E-state index contributed by atoms with van der Waals surface area (Å²) >= 11 is 0. The molecule has 0 saturated carbocycles. The number of likely N-dealkylation sites (tertiary alicyclic amines) is 1. The molecule has 1 fully saturated rings. The van der Waals surface area contributed by atoms with E-state index in [0.717, 1.165) is 13.1 Å². The summed E-state index contributed by atoms with van der Waals surface area (Å²) in [5, 5.41) is 3.26. The topological polar surface area (TPSA) is 24.5 Å². The number of nitrogens with zero attached hydrogens (tertiary/aromatic N) is 1. The second-order valence-corrected chi connectivity index (χ2v) is 5.50. The first-order valence-corrected chi connectivity index (χ1v) is 6.46. The van der Waals surface area contributed by atoms with Crippen molar-refractivity contribution in [3.63, 3.8) is 0 Å². The van der Waals surface area contributed by atoms with Crippen LogP contribution < -0.4 is 5.32 Å². The summed E-state index contributed by atoms with van der Waals surface area (Å²) in [5.74, 6) is 0.684. The van der Waals surface area contributed by atoms with E-state index in [4.69, 9.17) is 4.74 Å². The van der Waals surface area contributed by atoms with Crippen molar-refractivity contribution < 1.29 is 4.74 Å². The molecule has 0 amide bonds. The molecule has 3 nitrogen and oxygen atoms in total. The molecule has 1 rings (SSSR count). The summed E-state index contributed by atoms with van der Waals surface area (Å²) < 4.78 is 5.64. The second kappa shape index (κ2) is 5.99. The number of piperidine rings is 1. The number of hydrogen-bond donors (Lipinski definition) is 1. The molecule has 0 radical (unpaired) electrons. The molecule has 1 saturated heterocycles. The Bertz CT molecular complexity index is 210. The molecule has 1 N–H and O–H groups in total. The van der Waals surface area contributed by atoms with Crippen molar-refractivity contribution in [1.82, 2.24) is 10.2 Å². The SMILES string of the molecule is CNCC(C)C(C)N1CCCC(C)(OC)C1. The smallest absolute Gasteiger partial charge is 0.0777 e. The van der Waals surface area contributed by atoms with Gasteiger partial charge in [0.2, 0.25) is 0 Å². The molecule has 1 aliphatic heterocycles. The quantitative estimate of drug-likeness (QED) is 0.775. The molecular weight excluding hydrogens is 200 g/mol. The second-order valence-electron chi connectivity index (χ2n) is 5.50. The highest BCUT2D eigenvalue weighted by atomic mass is 16.5. The van der Waals surface area contributed by atoms with E-state index in [0.29, 0.717) is 12.0 Å². The van der Waals surface area contributed by atoms with Gasteiger partial charge < -0.3 is 10.1 Å². The van der Waals surface area contributed by atoms with Gasteiger partial charge in [0, 0.05) is 19.7 Å². The van der Waals surface area contributed by atoms with Crippen LogP contribution >= 0.6 is 0 Å². The minimum Gasteiger partial charge on any atom is -0.377 e. The van der Waals surface area contributed by atoms with Crippen LogP contribution in [0.25, 0.3) is 0 Å². The van der Waals surface area contributed by atoms with Crippen molar-refractivity contribution in [1.29, 1.82) is 0 Å². The number of ether oxygens (including phenoxy) is 1. The summed E-state index contributed by atoms with van der Waals surface area (Å²) in [6, 6.07) is 0.627. The Balaban J connectivity index is 2.52. The molecule has 0 bridgehead atoms. The van der Waals surface area contributed by atoms with E-state index in [1.54, 1.807) is 0 Å². The van der Waals surface area contributed by atoms with Crippen LogP contribution in [-0.2, 0) is 4.74 Å². The van der Waals surface area contributed by atoms with E-state index in [1.165, 1.54) is 19.4 Å². The summed E-state index contributed by atoms with van der Waals surface area (Å²) in [6.45, 7) is 10.3. The summed E-state index contributed by atoms with van der Waals surface area (Å²) in [6.07, 6.45) is 2.44. The van der Waals surface area contributed by atoms with Crippen molar-refractivity contribution in [2.24, 2.45) is 5.92 Å². The van der Waals surface area contributed by atoms with Crippen LogP contribution in [0.1, 0.15) is 33.6 Å². The minimum atomic E-state index is 0.0614. The third-order valence-corrected chi connectivity index (χ3v) is 4.11. The van der Waals surface area contributed by atoms with Gasteiger partial charge in [-0.05, 0) is 52.7 Å². The highest BCUT2D eigenvalue weighted by Crippen LogP contribution is 2.26. The summed E-state index contributed by atoms with van der Waals surface area (Å²) in [4.78, 5) is 2.58. The van der Waals surface area contributed by atoms with Crippen molar-refractivity contribution in [3.05, 3.63) is 0 Å². The Kier molecular flexibility index (Phi) is 5.22. The molecule has 16 heavy (non-hydrogen) atoms. The number of methoxy groups -OCH3 is 1. The number of hydrogen-bond acceptors (Lipinski definition) is 3. The molecule has 1 heterocycles. The van der Waals surface area contributed by atoms with Crippen molar-refractivity contribution >= 4 is 0 Å². The van der Waals surface area contributed by atoms with Gasteiger partial charge in [0.25, 0.3) is 0 Å². The van der Waals surface area contributed by atoms with Crippen LogP contribution in [0.5, 0.6) is 0 Å². The van der Waals surface area contributed by atoms with Crippen molar-refractivity contribution in [2.75, 3.05) is 33.8 Å². The first-order valence-electron chi connectivity index (χ1n) is 6.46. The van der Waals surface area contributed by atoms with Gasteiger partial charge in [-0.15, -0.1) is 0 Å². The van der Waals surface area contributed by atoms with E-state index in [1.807, 2.05) is 14.2 Å². The zero-order valence-corrected chi connectivity index (χ0v) is 11.5. The maximum absolute atomic E-state index is 5.64. The Morgan fingerprint density at radius 2 is 2.12 bits per heavy atom. The lowest BCUT2D eigenvalue weighted by molar-refractivity contribution is -0.0643. The molecule has 0 aromatic carbocycles. The number of rotatable bonds is 5. The first-order chi connectivity index (χ1) is 7.52. The van der Waals surface area contributed by atoms with Gasteiger partial charge in [0.1, 0.15) is 0 Å². The van der Waals surface area contributed by atoms with E-state index in [9.17, 15) is 0 Å². The van der Waals surface area contributed by atoms with Gasteiger partial charge in [0.05, 0.1) is 5.60 Å². The zero-order valence-electron chi connectivity index (χ0n) is 11.5. The largest absolute Gasteiger partial charge is 0.377 e. The predicted molar refractivity (Wildman–Crippen MR) is 68.8 cm³/mol. The van der Waals surface area contributed by atoms with Crippen LogP contribution in [0.2, 0.25) is 0 Å². The van der Waals surface area contributed by atoms with E-state index >= 15 is 0 Å². The molecule has 0 aliphatic carbocycles. The van der Waals surface area contributed by atoms with Gasteiger partial charge in [-0.1, -0.05) is 6.92 Å². The van der Waals surface area contributed by atoms with Gasteiger partial charge in [-0.2, -0.15) is 0 Å². The molecule has 3 unspecified atom stereocenters. The fourth-order valence-electron chi connectivity index (χ4n) is 2.61. The van der Waals surface area contributed by atoms with Crippen molar-refractivity contribution in [3.8, 4) is 0 Å². The highest BCUT2D eigenvalue weighted by molar-refractivity contribution is 4.88. The van der Waals surface area contributed by atoms with E-state index in [-0.39, 0.29) is 5.60 Å². The highest BCUT2D eigenvalue weighted by Gasteiger charge is 2.33. The van der Waals surface area contributed by atoms with E-state index < -0.39 is 0 Å². The molecule has 0 aromatic heterocycles. The lowest BCUT2D eigenvalue weighted by atomic mass is 9.91. The number of nitrogens with one attached hydrogen (secondary N) is 1. The van der Waals surface area contributed by atoms with Crippen molar-refractivity contribution in [2.45, 2.75) is 45.3 Å². The molecule has 3 heteroatoms. The maximum atomic E-state index is 5.64. The van der Waals surface area contributed by atoms with Crippen LogP contribution in [0.3, 0.4) is 0 Å². The fraction of sp³-hybridized carbons (Fsp3) is 1.00. The lowest BCUT2D eigenvalue weighted by Crippen LogP contribution is -2.52. The third kappa shape index (κ3) is 3.44. The maximum Gasteiger partial charge on any atom is 0.0777 e. The Labute approximate surface area is 101 Å². The molecule has 0 aromatic rings. The monoisotopic (exact) mass is 228 g/mol. The molecule has 96 valence electrons. The molecule has 3 atom stereocenters. The van der Waals surface area contributed by atoms with Gasteiger partial charge >= 0.3 is 0 Å². The summed E-state index contributed by atoms with van der Waals surface area (Å²) in [7, 11) is 3.86. The Morgan fingerprint density at radius 3 is 2.69 bits per heavy atom. The van der Waals surface area contributed by atoms with Crippen LogP contribution in [0, 0.1) is 5.92 Å². The molecular formula is C13H28N2O. The van der Waals surface area contributed by atoms with Crippen LogP contribution in [0.4, 0.5) is 0 Å². The predicted octanol–water partition coefficient (Wildman–Crippen LogP) is 1.73. The van der Waals surface area contributed by atoms with Gasteiger partial charge in [-0.3, -0.25) is 4.90 Å². The Morgan fingerprint density at radius 1 is 1.44 bits per heavy atom. The molecule has 0 spiro atoms. The fourth-order valence-corrected chi connectivity index (χ4v) is 2.61. The van der Waals surface area contributed by atoms with Gasteiger partial charge in [0.15, 0.2) is 0 Å². The average Bonchev–Trinajstić information content (AvgIpc) is 2.28. The van der Waals surface area contributed by atoms with Crippen LogP contribution in [-0.4, -0.2) is 50.3 Å².